The van der Waals surface area contributed by atoms with Gasteiger partial charge in [-0.3, -0.25) is 4.79 Å². The van der Waals surface area contributed by atoms with E-state index in [1.807, 2.05) is 12.1 Å². The van der Waals surface area contributed by atoms with Gasteiger partial charge in [0.1, 0.15) is 0 Å². The fourth-order valence-electron chi connectivity index (χ4n) is 3.42. The van der Waals surface area contributed by atoms with Crippen molar-refractivity contribution in [2.24, 2.45) is 11.7 Å². The molecule has 3 N–H and O–H groups in total. The first kappa shape index (κ1) is 13.9. The lowest BCUT2D eigenvalue weighted by molar-refractivity contribution is -0.115. The molecule has 0 aromatic heterocycles. The highest BCUT2D eigenvalue weighted by molar-refractivity contribution is 6.32. The van der Waals surface area contributed by atoms with Crippen LogP contribution >= 0.6 is 11.6 Å². The molecule has 1 aliphatic heterocycles. The van der Waals surface area contributed by atoms with Crippen molar-refractivity contribution in [2.75, 3.05) is 5.32 Å². The zero-order valence-electron chi connectivity index (χ0n) is 11.6. The van der Waals surface area contributed by atoms with Crippen molar-refractivity contribution < 1.29 is 4.79 Å². The highest BCUT2D eigenvalue weighted by Crippen LogP contribution is 2.35. The maximum absolute atomic E-state index is 11.4. The second kappa shape index (κ2) is 5.74. The average Bonchev–Trinajstić information content (AvgIpc) is 3.03. The van der Waals surface area contributed by atoms with Gasteiger partial charge in [-0.05, 0) is 36.0 Å². The molecular formula is C16H21ClN2O. The van der Waals surface area contributed by atoms with Gasteiger partial charge in [-0.25, -0.2) is 0 Å². The fraction of sp³-hybridized carbons (Fsp3) is 0.562. The molecule has 1 aliphatic carbocycles. The largest absolute Gasteiger partial charge is 0.325 e. The van der Waals surface area contributed by atoms with Crippen LogP contribution in [0, 0.1) is 5.92 Å². The smallest absolute Gasteiger partial charge is 0.228 e. The number of carbonyl (C=O) groups excluding carboxylic acids is 1. The Morgan fingerprint density at radius 3 is 2.85 bits per heavy atom. The molecule has 0 bridgehead atoms. The summed E-state index contributed by atoms with van der Waals surface area (Å²) in [5.41, 5.74) is 9.16. The molecule has 1 fully saturated rings. The minimum Gasteiger partial charge on any atom is -0.325 e. The van der Waals surface area contributed by atoms with Crippen molar-refractivity contribution >= 4 is 23.2 Å². The van der Waals surface area contributed by atoms with E-state index in [9.17, 15) is 4.79 Å². The predicted molar refractivity (Wildman–Crippen MR) is 81.9 cm³/mol. The summed E-state index contributed by atoms with van der Waals surface area (Å²) in [5, 5.41) is 3.49. The summed E-state index contributed by atoms with van der Waals surface area (Å²) in [6.07, 6.45) is 8.04. The van der Waals surface area contributed by atoms with E-state index in [0.29, 0.717) is 11.4 Å². The number of carbonyl (C=O) groups is 1. The standard InChI is InChI=1S/C16H21ClN2O/c17-13-9-15-11(8-16(20)19-15)7-12(13)14(18)6-5-10-3-1-2-4-10/h7,9-10,14H,1-6,8,18H2,(H,19,20). The fourth-order valence-corrected chi connectivity index (χ4v) is 3.72. The molecule has 3 rings (SSSR count). The first-order valence-electron chi connectivity index (χ1n) is 7.51. The molecule has 1 saturated carbocycles. The van der Waals surface area contributed by atoms with Gasteiger partial charge in [-0.15, -0.1) is 0 Å². The van der Waals surface area contributed by atoms with Crippen LogP contribution in [-0.2, 0) is 11.2 Å². The van der Waals surface area contributed by atoms with Crippen LogP contribution in [-0.4, -0.2) is 5.91 Å². The third kappa shape index (κ3) is 2.84. The number of fused-ring (bicyclic) bond motifs is 1. The lowest BCUT2D eigenvalue weighted by atomic mass is 9.94. The van der Waals surface area contributed by atoms with Crippen LogP contribution in [0.5, 0.6) is 0 Å². The maximum atomic E-state index is 11.4. The molecule has 1 aromatic rings. The number of nitrogens with two attached hydrogens (primary N) is 1. The van der Waals surface area contributed by atoms with E-state index >= 15 is 0 Å². The summed E-state index contributed by atoms with van der Waals surface area (Å²) in [7, 11) is 0. The summed E-state index contributed by atoms with van der Waals surface area (Å²) >= 11 is 6.31. The van der Waals surface area contributed by atoms with Crippen LogP contribution < -0.4 is 11.1 Å². The quantitative estimate of drug-likeness (QED) is 0.887. The number of halogens is 1. The summed E-state index contributed by atoms with van der Waals surface area (Å²) in [4.78, 5) is 11.4. The molecule has 1 aromatic carbocycles. The van der Waals surface area contributed by atoms with Crippen LogP contribution in [0.2, 0.25) is 5.02 Å². The summed E-state index contributed by atoms with van der Waals surface area (Å²) < 4.78 is 0. The third-order valence-corrected chi connectivity index (χ3v) is 4.94. The normalized spacial score (nSPS) is 20.0. The van der Waals surface area contributed by atoms with Gasteiger partial charge in [-0.2, -0.15) is 0 Å². The molecule has 1 amide bonds. The molecule has 4 heteroatoms. The number of nitrogens with one attached hydrogen (secondary N) is 1. The Morgan fingerprint density at radius 1 is 1.35 bits per heavy atom. The summed E-state index contributed by atoms with van der Waals surface area (Å²) in [5.74, 6) is 0.880. The minimum absolute atomic E-state index is 0.0240. The Hall–Kier alpha value is -1.06. The van der Waals surface area contributed by atoms with Gasteiger partial charge >= 0.3 is 0 Å². The zero-order chi connectivity index (χ0) is 14.1. The molecule has 0 spiro atoms. The van der Waals surface area contributed by atoms with Crippen LogP contribution in [0.15, 0.2) is 12.1 Å². The van der Waals surface area contributed by atoms with Crippen molar-refractivity contribution in [3.63, 3.8) is 0 Å². The molecule has 20 heavy (non-hydrogen) atoms. The lowest BCUT2D eigenvalue weighted by Gasteiger charge is -2.17. The van der Waals surface area contributed by atoms with E-state index in [4.69, 9.17) is 17.3 Å². The molecular weight excluding hydrogens is 272 g/mol. The number of benzene rings is 1. The van der Waals surface area contributed by atoms with E-state index in [1.54, 1.807) is 0 Å². The van der Waals surface area contributed by atoms with Gasteiger partial charge in [0.15, 0.2) is 0 Å². The molecule has 1 unspecified atom stereocenters. The van der Waals surface area contributed by atoms with E-state index < -0.39 is 0 Å². The average molecular weight is 293 g/mol. The molecule has 2 aliphatic rings. The highest BCUT2D eigenvalue weighted by atomic mass is 35.5. The molecule has 0 radical (unpaired) electrons. The topological polar surface area (TPSA) is 55.1 Å². The van der Waals surface area contributed by atoms with Gasteiger partial charge in [0.2, 0.25) is 5.91 Å². The molecule has 1 atom stereocenters. The Kier molecular flexibility index (Phi) is 3.99. The Morgan fingerprint density at radius 2 is 2.10 bits per heavy atom. The summed E-state index contributed by atoms with van der Waals surface area (Å²) in [6, 6.07) is 3.82. The zero-order valence-corrected chi connectivity index (χ0v) is 12.4. The highest BCUT2D eigenvalue weighted by Gasteiger charge is 2.22. The molecule has 108 valence electrons. The van der Waals surface area contributed by atoms with Crippen molar-refractivity contribution in [1.82, 2.24) is 0 Å². The number of rotatable bonds is 4. The predicted octanol–water partition coefficient (Wildman–Crippen LogP) is 3.80. The van der Waals surface area contributed by atoms with Crippen LogP contribution in [0.1, 0.15) is 55.7 Å². The number of hydrogen-bond acceptors (Lipinski definition) is 2. The second-order valence-corrected chi connectivity index (χ2v) is 6.50. The van der Waals surface area contributed by atoms with Crippen LogP contribution in [0.3, 0.4) is 0 Å². The Balaban J connectivity index is 1.69. The van der Waals surface area contributed by atoms with Gasteiger partial charge in [0, 0.05) is 16.8 Å². The number of hydrogen-bond donors (Lipinski definition) is 2. The molecule has 1 heterocycles. The SMILES string of the molecule is NC(CCC1CCCC1)c1cc2c(cc1Cl)NC(=O)C2. The molecule has 0 saturated heterocycles. The van der Waals surface area contributed by atoms with Gasteiger partial charge in [0.05, 0.1) is 6.42 Å². The van der Waals surface area contributed by atoms with E-state index in [0.717, 1.165) is 29.2 Å². The van der Waals surface area contributed by atoms with Crippen molar-refractivity contribution in [3.05, 3.63) is 28.3 Å². The van der Waals surface area contributed by atoms with Gasteiger partial charge < -0.3 is 11.1 Å². The van der Waals surface area contributed by atoms with Crippen LogP contribution in [0.25, 0.3) is 0 Å². The van der Waals surface area contributed by atoms with Crippen LogP contribution in [0.4, 0.5) is 5.69 Å². The third-order valence-electron chi connectivity index (χ3n) is 4.61. The first-order chi connectivity index (χ1) is 9.63. The first-order valence-corrected chi connectivity index (χ1v) is 7.89. The monoisotopic (exact) mass is 292 g/mol. The van der Waals surface area contributed by atoms with E-state index in [1.165, 1.54) is 32.1 Å². The second-order valence-electron chi connectivity index (χ2n) is 6.09. The number of amides is 1. The van der Waals surface area contributed by atoms with Gasteiger partial charge in [-0.1, -0.05) is 43.4 Å². The Bertz CT molecular complexity index is 523. The van der Waals surface area contributed by atoms with Crippen molar-refractivity contribution in [3.8, 4) is 0 Å². The van der Waals surface area contributed by atoms with Crippen molar-refractivity contribution in [1.29, 1.82) is 0 Å². The van der Waals surface area contributed by atoms with Crippen molar-refractivity contribution in [2.45, 2.75) is 51.0 Å². The Labute approximate surface area is 124 Å². The van der Waals surface area contributed by atoms with Gasteiger partial charge in [0.25, 0.3) is 0 Å². The lowest BCUT2D eigenvalue weighted by Crippen LogP contribution is -2.12. The number of anilines is 1. The van der Waals surface area contributed by atoms with E-state index in [2.05, 4.69) is 5.32 Å². The van der Waals surface area contributed by atoms with E-state index in [-0.39, 0.29) is 11.9 Å². The molecule has 3 nitrogen and oxygen atoms in total. The summed E-state index contributed by atoms with van der Waals surface area (Å²) in [6.45, 7) is 0. The minimum atomic E-state index is -0.0240. The maximum Gasteiger partial charge on any atom is 0.228 e.